The number of hydrogen-bond acceptors (Lipinski definition) is 3. The summed E-state index contributed by atoms with van der Waals surface area (Å²) in [5, 5.41) is 0. The Morgan fingerprint density at radius 3 is 2.44 bits per heavy atom. The number of aromatic nitrogens is 1. The van der Waals surface area contributed by atoms with Crippen molar-refractivity contribution in [3.63, 3.8) is 0 Å². The monoisotopic (exact) mass is 266 g/mol. The van der Waals surface area contributed by atoms with Crippen molar-refractivity contribution in [2.24, 2.45) is 11.1 Å². The Hall–Kier alpha value is -0.410. The fourth-order valence-corrected chi connectivity index (χ4v) is 3.94. The highest BCUT2D eigenvalue weighted by Gasteiger charge is 2.28. The molecule has 1 aliphatic carbocycles. The smallest absolute Gasteiger partial charge is 0.0797 e. The van der Waals surface area contributed by atoms with Crippen molar-refractivity contribution >= 4 is 11.3 Å². The second kappa shape index (κ2) is 6.67. The molecule has 102 valence electrons. The number of nitrogens with two attached hydrogens (primary N) is 1. The van der Waals surface area contributed by atoms with Gasteiger partial charge in [-0.1, -0.05) is 32.1 Å². The van der Waals surface area contributed by atoms with Gasteiger partial charge < -0.3 is 5.73 Å². The highest BCUT2D eigenvalue weighted by atomic mass is 32.1. The van der Waals surface area contributed by atoms with Crippen LogP contribution in [0.5, 0.6) is 0 Å². The lowest BCUT2D eigenvalue weighted by Gasteiger charge is -2.34. The molecule has 1 heterocycles. The van der Waals surface area contributed by atoms with E-state index in [1.165, 1.54) is 68.4 Å². The van der Waals surface area contributed by atoms with Crippen LogP contribution in [0.3, 0.4) is 0 Å². The van der Waals surface area contributed by atoms with Gasteiger partial charge in [0.2, 0.25) is 0 Å². The summed E-state index contributed by atoms with van der Waals surface area (Å²) in [5.41, 5.74) is 9.73. The lowest BCUT2D eigenvalue weighted by Crippen LogP contribution is -2.32. The zero-order valence-electron chi connectivity index (χ0n) is 11.6. The Kier molecular flexibility index (Phi) is 5.19. The highest BCUT2D eigenvalue weighted by Crippen LogP contribution is 2.37. The Morgan fingerprint density at radius 2 is 1.89 bits per heavy atom. The summed E-state index contributed by atoms with van der Waals surface area (Å²) in [6.07, 6.45) is 12.1. The van der Waals surface area contributed by atoms with E-state index >= 15 is 0 Å². The summed E-state index contributed by atoms with van der Waals surface area (Å²) in [4.78, 5) is 5.81. The van der Waals surface area contributed by atoms with Crippen molar-refractivity contribution in [2.75, 3.05) is 6.54 Å². The summed E-state index contributed by atoms with van der Waals surface area (Å²) in [6, 6.07) is 0. The van der Waals surface area contributed by atoms with Crippen molar-refractivity contribution in [3.05, 3.63) is 16.1 Å². The predicted octanol–water partition coefficient (Wildman–Crippen LogP) is 4.07. The molecular weight excluding hydrogens is 240 g/mol. The molecule has 0 aliphatic heterocycles. The van der Waals surface area contributed by atoms with E-state index in [9.17, 15) is 0 Å². The third-order valence-electron chi connectivity index (χ3n) is 4.57. The molecule has 0 bridgehead atoms. The Bertz CT molecular complexity index is 351. The largest absolute Gasteiger partial charge is 0.330 e. The van der Waals surface area contributed by atoms with E-state index in [0.29, 0.717) is 5.41 Å². The molecule has 2 nitrogen and oxygen atoms in total. The lowest BCUT2D eigenvalue weighted by atomic mass is 9.73. The van der Waals surface area contributed by atoms with Gasteiger partial charge in [0.15, 0.2) is 0 Å². The quantitative estimate of drug-likeness (QED) is 0.892. The van der Waals surface area contributed by atoms with Crippen molar-refractivity contribution in [1.29, 1.82) is 0 Å². The van der Waals surface area contributed by atoms with Crippen LogP contribution in [0.1, 0.15) is 61.9 Å². The van der Waals surface area contributed by atoms with Gasteiger partial charge in [0, 0.05) is 4.88 Å². The van der Waals surface area contributed by atoms with E-state index < -0.39 is 0 Å². The summed E-state index contributed by atoms with van der Waals surface area (Å²) in [6.45, 7) is 2.99. The second-order valence-corrected chi connectivity index (χ2v) is 6.77. The standard InChI is InChI=1S/C15H26N2S/c1-13-14(18-12-17-13)7-10-15(11-16)8-5-3-2-4-6-9-15/h12H,2-11,16H2,1H3. The van der Waals surface area contributed by atoms with E-state index in [2.05, 4.69) is 11.9 Å². The van der Waals surface area contributed by atoms with Crippen LogP contribution in [0, 0.1) is 12.3 Å². The van der Waals surface area contributed by atoms with Crippen LogP contribution in [-0.4, -0.2) is 11.5 Å². The number of thiazole rings is 1. The minimum Gasteiger partial charge on any atom is -0.330 e. The molecule has 2 N–H and O–H groups in total. The fraction of sp³-hybridized carbons (Fsp3) is 0.800. The molecule has 0 saturated heterocycles. The topological polar surface area (TPSA) is 38.9 Å². The van der Waals surface area contributed by atoms with Crippen LogP contribution < -0.4 is 5.73 Å². The first-order valence-corrected chi connectivity index (χ1v) is 8.23. The molecule has 18 heavy (non-hydrogen) atoms. The van der Waals surface area contributed by atoms with Crippen LogP contribution in [0.15, 0.2) is 5.51 Å². The third-order valence-corrected chi connectivity index (χ3v) is 5.57. The molecule has 1 aromatic rings. The maximum atomic E-state index is 6.12. The van der Waals surface area contributed by atoms with Gasteiger partial charge in [-0.25, -0.2) is 4.98 Å². The normalized spacial score (nSPS) is 20.3. The van der Waals surface area contributed by atoms with E-state index in [-0.39, 0.29) is 0 Å². The molecule has 0 radical (unpaired) electrons. The van der Waals surface area contributed by atoms with E-state index in [1.807, 2.05) is 5.51 Å². The van der Waals surface area contributed by atoms with Crippen LogP contribution in [0.2, 0.25) is 0 Å². The lowest BCUT2D eigenvalue weighted by molar-refractivity contribution is 0.201. The summed E-state index contributed by atoms with van der Waals surface area (Å²) in [7, 11) is 0. The average molecular weight is 266 g/mol. The van der Waals surface area contributed by atoms with Gasteiger partial charge >= 0.3 is 0 Å². The Labute approximate surface area is 115 Å². The van der Waals surface area contributed by atoms with Crippen LogP contribution >= 0.6 is 11.3 Å². The molecule has 0 atom stereocenters. The molecule has 0 unspecified atom stereocenters. The van der Waals surface area contributed by atoms with Crippen molar-refractivity contribution in [1.82, 2.24) is 4.98 Å². The zero-order valence-corrected chi connectivity index (χ0v) is 12.4. The first-order valence-electron chi connectivity index (χ1n) is 7.35. The van der Waals surface area contributed by atoms with Crippen molar-refractivity contribution in [3.8, 4) is 0 Å². The van der Waals surface area contributed by atoms with Gasteiger partial charge in [-0.15, -0.1) is 11.3 Å². The zero-order chi connectivity index (χ0) is 12.8. The van der Waals surface area contributed by atoms with Crippen molar-refractivity contribution in [2.45, 2.75) is 64.7 Å². The van der Waals surface area contributed by atoms with Crippen molar-refractivity contribution < 1.29 is 0 Å². The fourth-order valence-electron chi connectivity index (χ4n) is 3.16. The van der Waals surface area contributed by atoms with E-state index in [4.69, 9.17) is 5.73 Å². The van der Waals surface area contributed by atoms with Gasteiger partial charge in [-0.05, 0) is 44.6 Å². The molecule has 0 aromatic carbocycles. The summed E-state index contributed by atoms with van der Waals surface area (Å²) < 4.78 is 0. The Balaban J connectivity index is 1.95. The molecule has 1 aromatic heterocycles. The van der Waals surface area contributed by atoms with Gasteiger partial charge in [0.25, 0.3) is 0 Å². The van der Waals surface area contributed by atoms with Gasteiger partial charge in [0.05, 0.1) is 11.2 Å². The highest BCUT2D eigenvalue weighted by molar-refractivity contribution is 7.09. The number of nitrogens with zero attached hydrogens (tertiary/aromatic N) is 1. The van der Waals surface area contributed by atoms with Gasteiger partial charge in [-0.2, -0.15) is 0 Å². The van der Waals surface area contributed by atoms with Crippen LogP contribution in [-0.2, 0) is 6.42 Å². The maximum Gasteiger partial charge on any atom is 0.0797 e. The summed E-state index contributed by atoms with van der Waals surface area (Å²) >= 11 is 1.80. The number of hydrogen-bond donors (Lipinski definition) is 1. The Morgan fingerprint density at radius 1 is 1.22 bits per heavy atom. The third kappa shape index (κ3) is 3.55. The maximum absolute atomic E-state index is 6.12. The molecular formula is C15H26N2S. The SMILES string of the molecule is Cc1ncsc1CCC1(CN)CCCCCCC1. The molecule has 1 saturated carbocycles. The van der Waals surface area contributed by atoms with E-state index in [0.717, 1.165) is 6.54 Å². The molecule has 0 spiro atoms. The van der Waals surface area contributed by atoms with Crippen LogP contribution in [0.25, 0.3) is 0 Å². The molecule has 1 fully saturated rings. The second-order valence-electron chi connectivity index (χ2n) is 5.83. The van der Waals surface area contributed by atoms with E-state index in [1.54, 1.807) is 11.3 Å². The molecule has 2 rings (SSSR count). The predicted molar refractivity (Wildman–Crippen MR) is 79.0 cm³/mol. The first kappa shape index (κ1) is 14.0. The van der Waals surface area contributed by atoms with Crippen LogP contribution in [0.4, 0.5) is 0 Å². The summed E-state index contributed by atoms with van der Waals surface area (Å²) in [5.74, 6) is 0. The van der Waals surface area contributed by atoms with Gasteiger partial charge in [-0.3, -0.25) is 0 Å². The first-order chi connectivity index (χ1) is 8.76. The van der Waals surface area contributed by atoms with Gasteiger partial charge in [0.1, 0.15) is 0 Å². The molecule has 0 amide bonds. The minimum atomic E-state index is 0.414. The number of aryl methyl sites for hydroxylation is 2. The molecule has 3 heteroatoms. The minimum absolute atomic E-state index is 0.414. The molecule has 1 aliphatic rings. The number of rotatable bonds is 4. The average Bonchev–Trinajstić information content (AvgIpc) is 2.75.